The van der Waals surface area contributed by atoms with Gasteiger partial charge in [-0.25, -0.2) is 4.79 Å². The largest absolute Gasteiger partial charge is 0.497 e. The number of benzene rings is 1. The van der Waals surface area contributed by atoms with Crippen LogP contribution in [0.1, 0.15) is 43.7 Å². The van der Waals surface area contributed by atoms with Crippen molar-refractivity contribution >= 4 is 11.8 Å². The molecule has 2 unspecified atom stereocenters. The van der Waals surface area contributed by atoms with E-state index in [9.17, 15) is 4.79 Å². The van der Waals surface area contributed by atoms with Gasteiger partial charge in [0.05, 0.1) is 19.8 Å². The summed E-state index contributed by atoms with van der Waals surface area (Å²) < 4.78 is 10.3. The third-order valence-corrected chi connectivity index (χ3v) is 5.70. The van der Waals surface area contributed by atoms with E-state index in [1.54, 1.807) is 13.2 Å². The Labute approximate surface area is 165 Å². The fourth-order valence-corrected chi connectivity index (χ4v) is 4.21. The van der Waals surface area contributed by atoms with E-state index in [2.05, 4.69) is 16.3 Å². The molecule has 1 saturated carbocycles. The zero-order valence-electron chi connectivity index (χ0n) is 16.4. The van der Waals surface area contributed by atoms with E-state index in [1.165, 1.54) is 39.2 Å². The molecule has 0 radical (unpaired) electrons. The minimum atomic E-state index is -0.347. The highest BCUT2D eigenvalue weighted by molar-refractivity contribution is 6.05. The first-order chi connectivity index (χ1) is 13.7. The average molecular weight is 381 g/mol. The number of carbonyl (C=O) groups excluding carboxylic acids is 1. The van der Waals surface area contributed by atoms with Crippen LogP contribution >= 0.6 is 0 Å². The van der Waals surface area contributed by atoms with Crippen LogP contribution in [0, 0.1) is 0 Å². The number of amidine groups is 1. The summed E-state index contributed by atoms with van der Waals surface area (Å²) in [4.78, 5) is 19.0. The number of methoxy groups -OCH3 is 2. The van der Waals surface area contributed by atoms with E-state index in [0.717, 1.165) is 17.1 Å². The van der Waals surface area contributed by atoms with Crippen molar-refractivity contribution in [1.29, 1.82) is 0 Å². The first-order valence-electron chi connectivity index (χ1n) is 9.94. The Kier molecular flexibility index (Phi) is 5.48. The number of esters is 1. The Morgan fingerprint density at radius 2 is 2.04 bits per heavy atom. The number of fused-ring (bicyclic) bond motifs is 1. The summed E-state index contributed by atoms with van der Waals surface area (Å²) in [6.45, 7) is 0. The average Bonchev–Trinajstić information content (AvgIpc) is 3.11. The third kappa shape index (κ3) is 3.69. The van der Waals surface area contributed by atoms with Gasteiger partial charge < -0.3 is 14.4 Å². The molecule has 0 amide bonds. The maximum Gasteiger partial charge on any atom is 0.338 e. The molecular formula is C22H27N3O3. The minimum absolute atomic E-state index is 0.0110. The van der Waals surface area contributed by atoms with Gasteiger partial charge in [0.1, 0.15) is 23.8 Å². The van der Waals surface area contributed by atoms with Crippen LogP contribution in [0.15, 0.2) is 53.2 Å². The van der Waals surface area contributed by atoms with Crippen molar-refractivity contribution in [2.45, 2.75) is 50.4 Å². The molecule has 0 aromatic heterocycles. The first-order valence-corrected chi connectivity index (χ1v) is 9.94. The molecule has 1 fully saturated rings. The fourth-order valence-electron chi connectivity index (χ4n) is 4.21. The molecule has 1 N–H and O–H groups in total. The number of carbonyl (C=O) groups is 1. The normalized spacial score (nSPS) is 24.4. The quantitative estimate of drug-likeness (QED) is 0.793. The second-order valence-electron chi connectivity index (χ2n) is 7.47. The topological polar surface area (TPSA) is 63.2 Å². The molecule has 6 nitrogen and oxygen atoms in total. The Hall–Kier alpha value is -2.60. The molecule has 1 aromatic rings. The summed E-state index contributed by atoms with van der Waals surface area (Å²) in [6, 6.07) is 8.47. The van der Waals surface area contributed by atoms with Gasteiger partial charge in [-0.2, -0.15) is 0 Å². The van der Waals surface area contributed by atoms with Gasteiger partial charge in [0.25, 0.3) is 0 Å². The van der Waals surface area contributed by atoms with Crippen LogP contribution in [-0.4, -0.2) is 43.1 Å². The van der Waals surface area contributed by atoms with Crippen LogP contribution in [0.3, 0.4) is 0 Å². The number of rotatable bonds is 5. The molecule has 3 aliphatic rings. The molecular weight excluding hydrogens is 354 g/mol. The summed E-state index contributed by atoms with van der Waals surface area (Å²) >= 11 is 0. The van der Waals surface area contributed by atoms with Crippen molar-refractivity contribution in [2.75, 3.05) is 14.2 Å². The summed E-state index contributed by atoms with van der Waals surface area (Å²) in [6.07, 6.45) is 11.8. The Morgan fingerprint density at radius 3 is 2.79 bits per heavy atom. The molecule has 4 rings (SSSR count). The smallest absolute Gasteiger partial charge is 0.338 e. The number of aliphatic imine (C=N–C) groups is 1. The Balaban J connectivity index is 1.65. The monoisotopic (exact) mass is 381 g/mol. The number of nitrogens with zero attached hydrogens (tertiary/aromatic N) is 2. The van der Waals surface area contributed by atoms with E-state index in [1.807, 2.05) is 30.5 Å². The maximum atomic E-state index is 11.9. The molecule has 0 spiro atoms. The molecule has 0 bridgehead atoms. The molecule has 6 heteroatoms. The van der Waals surface area contributed by atoms with Crippen LogP contribution in [0.4, 0.5) is 0 Å². The van der Waals surface area contributed by atoms with Crippen LogP contribution in [-0.2, 0) is 9.53 Å². The summed E-state index contributed by atoms with van der Waals surface area (Å²) in [5, 5.41) is 3.83. The fraction of sp³-hybridized carbons (Fsp3) is 0.455. The van der Waals surface area contributed by atoms with Crippen LogP contribution in [0.5, 0.6) is 5.75 Å². The lowest BCUT2D eigenvalue weighted by molar-refractivity contribution is -0.135. The molecule has 1 aromatic carbocycles. The lowest BCUT2D eigenvalue weighted by Crippen LogP contribution is -2.49. The minimum Gasteiger partial charge on any atom is -0.497 e. The third-order valence-electron chi connectivity index (χ3n) is 5.70. The molecule has 148 valence electrons. The van der Waals surface area contributed by atoms with E-state index in [0.29, 0.717) is 11.6 Å². The SMILES string of the molecule is COC(=O)C1=CC2=NC(c3cccc(OC)c3)C(NC3CCCCC3)N2C=C1. The maximum absolute atomic E-state index is 11.9. The van der Waals surface area contributed by atoms with Gasteiger partial charge in [0.2, 0.25) is 0 Å². The van der Waals surface area contributed by atoms with Crippen molar-refractivity contribution in [3.63, 3.8) is 0 Å². The summed E-state index contributed by atoms with van der Waals surface area (Å²) in [5.74, 6) is 1.25. The lowest BCUT2D eigenvalue weighted by Gasteiger charge is -2.34. The van der Waals surface area contributed by atoms with Gasteiger partial charge >= 0.3 is 5.97 Å². The standard InChI is InChI=1S/C22H27N3O3/c1-27-18-10-6-7-15(13-18)20-21(23-17-8-4-3-5-9-17)25-12-11-16(22(26)28-2)14-19(25)24-20/h6-7,10-14,17,20-21,23H,3-5,8-9H2,1-2H3. The van der Waals surface area contributed by atoms with Crippen molar-refractivity contribution in [2.24, 2.45) is 4.99 Å². The van der Waals surface area contributed by atoms with Crippen molar-refractivity contribution in [1.82, 2.24) is 10.2 Å². The highest BCUT2D eigenvalue weighted by Crippen LogP contribution is 2.35. The summed E-state index contributed by atoms with van der Waals surface area (Å²) in [5.41, 5.74) is 1.61. The van der Waals surface area contributed by atoms with E-state index < -0.39 is 0 Å². The highest BCUT2D eigenvalue weighted by atomic mass is 16.5. The molecule has 0 saturated heterocycles. The van der Waals surface area contributed by atoms with Gasteiger partial charge in [0, 0.05) is 12.2 Å². The molecule has 2 atom stereocenters. The van der Waals surface area contributed by atoms with Crippen molar-refractivity contribution < 1.29 is 14.3 Å². The number of ether oxygens (including phenoxy) is 2. The molecule has 28 heavy (non-hydrogen) atoms. The number of nitrogens with one attached hydrogen (secondary N) is 1. The molecule has 2 aliphatic heterocycles. The van der Waals surface area contributed by atoms with Gasteiger partial charge in [-0.1, -0.05) is 31.4 Å². The van der Waals surface area contributed by atoms with Crippen molar-refractivity contribution in [3.8, 4) is 5.75 Å². The van der Waals surface area contributed by atoms with E-state index in [4.69, 9.17) is 14.5 Å². The zero-order valence-corrected chi connectivity index (χ0v) is 16.4. The predicted molar refractivity (Wildman–Crippen MR) is 108 cm³/mol. The van der Waals surface area contributed by atoms with Crippen LogP contribution < -0.4 is 10.1 Å². The van der Waals surface area contributed by atoms with Gasteiger partial charge in [-0.15, -0.1) is 0 Å². The number of hydrogen-bond donors (Lipinski definition) is 1. The lowest BCUT2D eigenvalue weighted by atomic mass is 9.94. The predicted octanol–water partition coefficient (Wildman–Crippen LogP) is 3.33. The van der Waals surface area contributed by atoms with Crippen molar-refractivity contribution in [3.05, 3.63) is 53.8 Å². The zero-order chi connectivity index (χ0) is 19.5. The number of hydrogen-bond acceptors (Lipinski definition) is 6. The first kappa shape index (κ1) is 18.7. The van der Waals surface area contributed by atoms with Gasteiger partial charge in [-0.3, -0.25) is 10.3 Å². The second-order valence-corrected chi connectivity index (χ2v) is 7.47. The molecule has 1 aliphatic carbocycles. The Bertz CT molecular complexity index is 824. The van der Waals surface area contributed by atoms with Crippen LogP contribution in [0.2, 0.25) is 0 Å². The second kappa shape index (κ2) is 8.19. The van der Waals surface area contributed by atoms with Gasteiger partial charge in [0.15, 0.2) is 0 Å². The van der Waals surface area contributed by atoms with E-state index in [-0.39, 0.29) is 18.2 Å². The highest BCUT2D eigenvalue weighted by Gasteiger charge is 2.38. The Morgan fingerprint density at radius 1 is 1.21 bits per heavy atom. The summed E-state index contributed by atoms with van der Waals surface area (Å²) in [7, 11) is 3.07. The molecule has 2 heterocycles. The van der Waals surface area contributed by atoms with Crippen LogP contribution in [0.25, 0.3) is 0 Å². The van der Waals surface area contributed by atoms with E-state index >= 15 is 0 Å². The van der Waals surface area contributed by atoms with Gasteiger partial charge in [-0.05, 0) is 42.7 Å².